The molecule has 2 aromatic heterocycles. The number of carbonyl (C=O) groups is 1. The van der Waals surface area contributed by atoms with Gasteiger partial charge in [-0.15, -0.1) is 0 Å². The third-order valence-corrected chi connectivity index (χ3v) is 11.6. The Morgan fingerprint density at radius 1 is 1.28 bits per heavy atom. The summed E-state index contributed by atoms with van der Waals surface area (Å²) in [5.74, 6) is -1.27. The second kappa shape index (κ2) is 9.29. The van der Waals surface area contributed by atoms with Gasteiger partial charge in [0.2, 0.25) is 0 Å². The molecule has 194 valence electrons. The largest absolute Gasteiger partial charge is 0.408 e. The fourth-order valence-corrected chi connectivity index (χ4v) is 5.49. The van der Waals surface area contributed by atoms with E-state index in [4.69, 9.17) is 9.16 Å². The van der Waals surface area contributed by atoms with Gasteiger partial charge in [-0.05, 0) is 37.2 Å². The maximum atomic E-state index is 16.5. The molecule has 1 amide bonds. The average molecular weight is 519 g/mol. The lowest BCUT2D eigenvalue weighted by Crippen LogP contribution is -2.52. The van der Waals surface area contributed by atoms with E-state index < -0.39 is 50.8 Å². The Hall–Kier alpha value is -2.73. The van der Waals surface area contributed by atoms with Gasteiger partial charge < -0.3 is 19.6 Å². The number of anilines is 1. The molecule has 11 heteroatoms. The van der Waals surface area contributed by atoms with Crippen LogP contribution in [0, 0.1) is 5.82 Å². The summed E-state index contributed by atoms with van der Waals surface area (Å²) in [7, 11) is -2.44. The quantitative estimate of drug-likeness (QED) is 0.454. The van der Waals surface area contributed by atoms with Crippen molar-refractivity contribution in [3.05, 3.63) is 54.2 Å². The number of nitrogens with zero attached hydrogens (tertiary/aromatic N) is 3. The minimum absolute atomic E-state index is 0.0450. The Balaban J connectivity index is 1.71. The number of fused-ring (bicyclic) bond motifs is 1. The fraction of sp³-hybridized carbons (Fsp3) is 0.480. The highest BCUT2D eigenvalue weighted by atomic mass is 28.4. The van der Waals surface area contributed by atoms with Crippen LogP contribution in [0.2, 0.25) is 18.1 Å². The molecule has 1 aromatic carbocycles. The summed E-state index contributed by atoms with van der Waals surface area (Å²) in [6.45, 7) is 10.9. The Labute approximate surface area is 209 Å². The first-order chi connectivity index (χ1) is 16.8. The first kappa shape index (κ1) is 26.3. The molecule has 2 N–H and O–H groups in total. The molecule has 4 rings (SSSR count). The minimum atomic E-state index is -2.44. The van der Waals surface area contributed by atoms with Crippen LogP contribution in [0.4, 0.5) is 14.6 Å². The first-order valence-electron chi connectivity index (χ1n) is 11.8. The number of alkyl halides is 1. The van der Waals surface area contributed by atoms with Crippen LogP contribution in [-0.4, -0.2) is 58.3 Å². The van der Waals surface area contributed by atoms with Crippen molar-refractivity contribution < 1.29 is 27.8 Å². The molecule has 36 heavy (non-hydrogen) atoms. The van der Waals surface area contributed by atoms with Crippen molar-refractivity contribution in [3.8, 4) is 0 Å². The smallest absolute Gasteiger partial charge is 0.256 e. The third kappa shape index (κ3) is 4.56. The molecule has 0 saturated carbocycles. The highest BCUT2D eigenvalue weighted by molar-refractivity contribution is 6.74. The van der Waals surface area contributed by atoms with Gasteiger partial charge in [0, 0.05) is 11.8 Å². The maximum Gasteiger partial charge on any atom is 0.256 e. The number of hydrogen-bond donors (Lipinski definition) is 2. The van der Waals surface area contributed by atoms with Crippen molar-refractivity contribution in [3.63, 3.8) is 0 Å². The summed E-state index contributed by atoms with van der Waals surface area (Å²) < 4.78 is 45.2. The van der Waals surface area contributed by atoms with Crippen molar-refractivity contribution >= 4 is 31.1 Å². The normalized spacial score (nSPS) is 24.9. The Morgan fingerprint density at radius 3 is 2.56 bits per heavy atom. The van der Waals surface area contributed by atoms with Crippen molar-refractivity contribution in [2.75, 3.05) is 11.9 Å². The van der Waals surface area contributed by atoms with Gasteiger partial charge in [0.25, 0.3) is 5.91 Å². The zero-order chi connectivity index (χ0) is 26.5. The summed E-state index contributed by atoms with van der Waals surface area (Å²) in [6.07, 6.45) is -1.13. The molecule has 4 atom stereocenters. The van der Waals surface area contributed by atoms with Gasteiger partial charge in [0.1, 0.15) is 24.4 Å². The number of hydrogen-bond acceptors (Lipinski definition) is 6. The molecule has 3 aromatic rings. The number of ether oxygens (including phenoxy) is 1. The van der Waals surface area contributed by atoms with E-state index in [0.717, 1.165) is 12.5 Å². The maximum absolute atomic E-state index is 16.5. The molecule has 1 aliphatic heterocycles. The molecule has 1 aliphatic rings. The lowest BCUT2D eigenvalue weighted by atomic mass is 9.98. The van der Waals surface area contributed by atoms with Gasteiger partial charge in [-0.2, -0.15) is 0 Å². The van der Waals surface area contributed by atoms with E-state index in [2.05, 4.69) is 15.3 Å². The van der Waals surface area contributed by atoms with Crippen LogP contribution in [0.5, 0.6) is 0 Å². The highest BCUT2D eigenvalue weighted by Gasteiger charge is 2.58. The third-order valence-electron chi connectivity index (χ3n) is 7.17. The monoisotopic (exact) mass is 518 g/mol. The number of aromatic nitrogens is 3. The van der Waals surface area contributed by atoms with Crippen LogP contribution < -0.4 is 5.32 Å². The van der Waals surface area contributed by atoms with Gasteiger partial charge in [-0.25, -0.2) is 18.7 Å². The number of aliphatic hydroxyl groups excluding tert-OH is 1. The molecular weight excluding hydrogens is 486 g/mol. The topological polar surface area (TPSA) is 98.5 Å². The number of rotatable bonds is 6. The molecule has 3 heterocycles. The predicted molar refractivity (Wildman–Crippen MR) is 134 cm³/mol. The molecule has 0 spiro atoms. The van der Waals surface area contributed by atoms with Crippen LogP contribution in [0.15, 0.2) is 42.9 Å². The van der Waals surface area contributed by atoms with Crippen LogP contribution >= 0.6 is 0 Å². The molecular formula is C25H32F2N4O4Si. The number of aliphatic hydroxyl groups is 1. The molecule has 0 bridgehead atoms. The summed E-state index contributed by atoms with van der Waals surface area (Å²) >= 11 is 0. The summed E-state index contributed by atoms with van der Waals surface area (Å²) in [6, 6.07) is 8.43. The number of halogens is 2. The average Bonchev–Trinajstić information content (AvgIpc) is 3.27. The van der Waals surface area contributed by atoms with E-state index in [-0.39, 0.29) is 21.9 Å². The lowest BCUT2D eigenvalue weighted by molar-refractivity contribution is -0.0565. The van der Waals surface area contributed by atoms with Crippen molar-refractivity contribution in [2.24, 2.45) is 0 Å². The highest BCUT2D eigenvalue weighted by Crippen LogP contribution is 2.48. The van der Waals surface area contributed by atoms with E-state index >= 15 is 8.78 Å². The van der Waals surface area contributed by atoms with Gasteiger partial charge in [0.05, 0.1) is 12.0 Å². The Morgan fingerprint density at radius 2 is 1.94 bits per heavy atom. The minimum Gasteiger partial charge on any atom is -0.408 e. The van der Waals surface area contributed by atoms with E-state index in [1.165, 1.54) is 11.5 Å². The van der Waals surface area contributed by atoms with Gasteiger partial charge in [-0.1, -0.05) is 39.0 Å². The van der Waals surface area contributed by atoms with Crippen LogP contribution in [0.3, 0.4) is 0 Å². The molecule has 1 fully saturated rings. The van der Waals surface area contributed by atoms with Crippen LogP contribution in [-0.2, 0) is 9.16 Å². The zero-order valence-electron chi connectivity index (χ0n) is 21.3. The lowest BCUT2D eigenvalue weighted by Gasteiger charge is -2.41. The Kier molecular flexibility index (Phi) is 6.80. The zero-order valence-corrected chi connectivity index (χ0v) is 22.3. The van der Waals surface area contributed by atoms with Crippen molar-refractivity contribution in [1.82, 2.24) is 14.5 Å². The molecule has 0 aliphatic carbocycles. The predicted octanol–water partition coefficient (Wildman–Crippen LogP) is 4.83. The SMILES string of the molecule is CC(C)(C)[Si](C)(C)OC1[C@@H](CO)O[C@@H](n2cc(F)c3c(NC(=O)c4ccccc4)ncnc32)[C@]1(C)F. The van der Waals surface area contributed by atoms with Gasteiger partial charge >= 0.3 is 0 Å². The Bertz CT molecular complexity index is 1260. The van der Waals surface area contributed by atoms with E-state index in [9.17, 15) is 9.90 Å². The van der Waals surface area contributed by atoms with Crippen LogP contribution in [0.25, 0.3) is 11.0 Å². The number of benzene rings is 1. The van der Waals surface area contributed by atoms with Gasteiger partial charge in [-0.3, -0.25) is 9.36 Å². The molecule has 8 nitrogen and oxygen atoms in total. The number of carbonyl (C=O) groups excluding carboxylic acids is 1. The molecule has 0 radical (unpaired) electrons. The van der Waals surface area contributed by atoms with Crippen molar-refractivity contribution in [2.45, 2.75) is 69.9 Å². The second-order valence-corrected chi connectivity index (χ2v) is 15.5. The first-order valence-corrected chi connectivity index (χ1v) is 14.7. The fourth-order valence-electron chi connectivity index (χ4n) is 4.12. The number of amides is 1. The summed E-state index contributed by atoms with van der Waals surface area (Å²) in [4.78, 5) is 20.9. The van der Waals surface area contributed by atoms with E-state index in [1.807, 2.05) is 33.9 Å². The second-order valence-electron chi connectivity index (χ2n) is 10.8. The van der Waals surface area contributed by atoms with Gasteiger partial charge in [0.15, 0.2) is 31.7 Å². The molecule has 1 saturated heterocycles. The summed E-state index contributed by atoms with van der Waals surface area (Å²) in [5, 5.41) is 12.3. The van der Waals surface area contributed by atoms with E-state index in [1.54, 1.807) is 30.3 Å². The van der Waals surface area contributed by atoms with Crippen LogP contribution in [0.1, 0.15) is 44.3 Å². The van der Waals surface area contributed by atoms with E-state index in [0.29, 0.717) is 5.56 Å². The standard InChI is InChI=1S/C25H32F2N4O4Si/c1-24(2,3)36(5,6)35-19-17(13-32)34-23(25(19,4)27)31-12-16(26)18-20(28-14-29-21(18)31)30-22(33)15-10-8-7-9-11-15/h7-12,14,17,19,23,32H,13H2,1-6H3,(H,28,29,30,33)/t17-,19?,23-,25-/m1/s1. The van der Waals surface area contributed by atoms with Crippen molar-refractivity contribution in [1.29, 1.82) is 0 Å². The molecule has 1 unspecified atom stereocenters. The number of nitrogens with one attached hydrogen (secondary N) is 1. The summed E-state index contributed by atoms with van der Waals surface area (Å²) in [5.41, 5.74) is -1.71.